The van der Waals surface area contributed by atoms with E-state index < -0.39 is 56.8 Å². The molecule has 0 radical (unpaired) electrons. The van der Waals surface area contributed by atoms with Crippen LogP contribution in [0.25, 0.3) is 0 Å². The zero-order valence-electron chi connectivity index (χ0n) is 20.5. The average Bonchev–Trinajstić information content (AvgIpc) is 2.80. The van der Waals surface area contributed by atoms with Gasteiger partial charge in [0, 0.05) is 30.9 Å². The molecule has 0 aliphatic carbocycles. The normalized spacial score (nSPS) is 16.2. The molecule has 3 rings (SSSR count). The Labute approximate surface area is 216 Å². The van der Waals surface area contributed by atoms with Gasteiger partial charge in [-0.2, -0.15) is 17.5 Å². The Morgan fingerprint density at radius 3 is 2.18 bits per heavy atom. The zero-order chi connectivity index (χ0) is 28.3. The van der Waals surface area contributed by atoms with Crippen molar-refractivity contribution in [2.24, 2.45) is 0 Å². The number of nitrogens with zero attached hydrogens (tertiary/aromatic N) is 2. The first-order chi connectivity index (χ1) is 17.6. The molecule has 7 nitrogen and oxygen atoms in total. The molecule has 1 fully saturated rings. The van der Waals surface area contributed by atoms with Crippen LogP contribution in [0.3, 0.4) is 0 Å². The maximum absolute atomic E-state index is 13.3. The van der Waals surface area contributed by atoms with Crippen molar-refractivity contribution in [3.05, 3.63) is 54.1 Å². The molecule has 0 atom stereocenters. The first-order valence-corrected chi connectivity index (χ1v) is 13.1. The van der Waals surface area contributed by atoms with Crippen molar-refractivity contribution in [3.8, 4) is 5.75 Å². The minimum absolute atomic E-state index is 0.0322. The summed E-state index contributed by atoms with van der Waals surface area (Å²) in [5.74, 6) is -0.836. The Kier molecular flexibility index (Phi) is 8.99. The number of hydrogen-bond acceptors (Lipinski definition) is 5. The van der Waals surface area contributed by atoms with E-state index in [1.165, 1.54) is 16.4 Å². The van der Waals surface area contributed by atoms with Crippen LogP contribution in [0.5, 0.6) is 5.75 Å². The van der Waals surface area contributed by atoms with E-state index in [0.29, 0.717) is 32.0 Å². The number of rotatable bonds is 8. The van der Waals surface area contributed by atoms with Gasteiger partial charge in [0.15, 0.2) is 0 Å². The summed E-state index contributed by atoms with van der Waals surface area (Å²) in [5, 5.41) is 2.58. The average molecular weight is 568 g/mol. The molecular formula is C24H27F6N3O4S. The third kappa shape index (κ3) is 7.84. The minimum Gasteiger partial charge on any atom is -0.406 e. The summed E-state index contributed by atoms with van der Waals surface area (Å²) in [6.45, 7) is 3.98. The molecule has 2 aromatic carbocycles. The highest BCUT2D eigenvalue weighted by Gasteiger charge is 2.38. The maximum Gasteiger partial charge on any atom is 0.573 e. The number of ether oxygens (including phenoxy) is 1. The van der Waals surface area contributed by atoms with Crippen molar-refractivity contribution in [1.82, 2.24) is 9.21 Å². The fourth-order valence-corrected chi connectivity index (χ4v) is 6.25. The number of alkyl halides is 6. The number of carbonyl (C=O) groups excluding carboxylic acids is 1. The zero-order valence-corrected chi connectivity index (χ0v) is 21.3. The number of piperidine rings is 1. The van der Waals surface area contributed by atoms with Gasteiger partial charge in [-0.1, -0.05) is 6.07 Å². The third-order valence-corrected chi connectivity index (χ3v) is 8.03. The fourth-order valence-electron chi connectivity index (χ4n) is 4.33. The third-order valence-electron chi connectivity index (χ3n) is 5.90. The fraction of sp³-hybridized carbons (Fsp3) is 0.458. The first kappa shape index (κ1) is 29.7. The van der Waals surface area contributed by atoms with E-state index in [4.69, 9.17) is 0 Å². The van der Waals surface area contributed by atoms with E-state index in [-0.39, 0.29) is 12.2 Å². The van der Waals surface area contributed by atoms with Gasteiger partial charge in [-0.25, -0.2) is 8.42 Å². The van der Waals surface area contributed by atoms with Gasteiger partial charge in [-0.15, -0.1) is 13.2 Å². The molecule has 1 heterocycles. The van der Waals surface area contributed by atoms with E-state index >= 15 is 0 Å². The van der Waals surface area contributed by atoms with Crippen LogP contribution in [-0.2, 0) is 21.0 Å². The number of amides is 1. The Balaban J connectivity index is 1.60. The molecule has 0 unspecified atom stereocenters. The molecule has 14 heteroatoms. The van der Waals surface area contributed by atoms with Crippen LogP contribution in [0.2, 0.25) is 0 Å². The van der Waals surface area contributed by atoms with Gasteiger partial charge in [-0.05, 0) is 69.2 Å². The van der Waals surface area contributed by atoms with E-state index in [1.54, 1.807) is 18.7 Å². The molecule has 1 aliphatic heterocycles. The summed E-state index contributed by atoms with van der Waals surface area (Å²) < 4.78 is 108. The number of anilines is 1. The standard InChI is InChI=1S/C24H27F6N3O4S/c1-16(2)33(38(35,36)21-5-3-4-17(14-21)23(25,26)27)19-10-12-32(13-11-19)15-22(34)31-18-6-8-20(9-7-18)37-24(28,29)30/h3-9,14,16,19H,10-13,15H2,1-2H3,(H,31,34). The molecule has 0 saturated carbocycles. The van der Waals surface area contributed by atoms with Gasteiger partial charge in [0.1, 0.15) is 5.75 Å². The van der Waals surface area contributed by atoms with E-state index in [2.05, 4.69) is 10.1 Å². The van der Waals surface area contributed by atoms with Crippen molar-refractivity contribution in [3.63, 3.8) is 0 Å². The molecule has 210 valence electrons. The van der Waals surface area contributed by atoms with Crippen LogP contribution in [0.15, 0.2) is 53.4 Å². The highest BCUT2D eigenvalue weighted by molar-refractivity contribution is 7.89. The Morgan fingerprint density at radius 2 is 1.66 bits per heavy atom. The lowest BCUT2D eigenvalue weighted by Gasteiger charge is -2.39. The number of carbonyl (C=O) groups is 1. The van der Waals surface area contributed by atoms with Gasteiger partial charge >= 0.3 is 12.5 Å². The second-order valence-electron chi connectivity index (χ2n) is 9.08. The Morgan fingerprint density at radius 1 is 1.05 bits per heavy atom. The summed E-state index contributed by atoms with van der Waals surface area (Å²) in [7, 11) is -4.22. The largest absolute Gasteiger partial charge is 0.573 e. The predicted octanol–water partition coefficient (Wildman–Crippen LogP) is 5.11. The number of halogens is 6. The quantitative estimate of drug-likeness (QED) is 0.449. The summed E-state index contributed by atoms with van der Waals surface area (Å²) in [5.41, 5.74) is -0.775. The van der Waals surface area contributed by atoms with Gasteiger partial charge in [0.05, 0.1) is 17.0 Å². The summed E-state index contributed by atoms with van der Waals surface area (Å²) >= 11 is 0. The van der Waals surface area contributed by atoms with Crippen molar-refractivity contribution in [1.29, 1.82) is 0 Å². The molecule has 0 spiro atoms. The number of nitrogens with one attached hydrogen (secondary N) is 1. The molecule has 1 amide bonds. The smallest absolute Gasteiger partial charge is 0.406 e. The van der Waals surface area contributed by atoms with Gasteiger partial charge in [0.25, 0.3) is 0 Å². The Bertz CT molecular complexity index is 1210. The van der Waals surface area contributed by atoms with E-state index in [0.717, 1.165) is 30.3 Å². The summed E-state index contributed by atoms with van der Waals surface area (Å²) in [4.78, 5) is 13.8. The van der Waals surface area contributed by atoms with E-state index in [9.17, 15) is 39.6 Å². The number of hydrogen-bond donors (Lipinski definition) is 1. The van der Waals surface area contributed by atoms with Crippen LogP contribution in [0.4, 0.5) is 32.0 Å². The highest BCUT2D eigenvalue weighted by Crippen LogP contribution is 2.33. The SMILES string of the molecule is CC(C)N(C1CCN(CC(=O)Nc2ccc(OC(F)(F)F)cc2)CC1)S(=O)(=O)c1cccc(C(F)(F)F)c1. The van der Waals surface area contributed by atoms with Crippen LogP contribution in [0.1, 0.15) is 32.3 Å². The van der Waals surface area contributed by atoms with Crippen molar-refractivity contribution in [2.45, 2.75) is 56.2 Å². The lowest BCUT2D eigenvalue weighted by molar-refractivity contribution is -0.274. The maximum atomic E-state index is 13.3. The summed E-state index contributed by atoms with van der Waals surface area (Å²) in [6.07, 6.45) is -8.80. The van der Waals surface area contributed by atoms with Crippen molar-refractivity contribution >= 4 is 21.6 Å². The van der Waals surface area contributed by atoms with Gasteiger partial charge < -0.3 is 10.1 Å². The molecular weight excluding hydrogens is 540 g/mol. The minimum atomic E-state index is -4.82. The van der Waals surface area contributed by atoms with Crippen LogP contribution in [-0.4, -0.2) is 61.6 Å². The Hall–Kier alpha value is -2.84. The second-order valence-corrected chi connectivity index (χ2v) is 10.9. The lowest BCUT2D eigenvalue weighted by atomic mass is 10.0. The summed E-state index contributed by atoms with van der Waals surface area (Å²) in [6, 6.07) is 7.33. The second kappa shape index (κ2) is 11.5. The topological polar surface area (TPSA) is 79.0 Å². The molecule has 0 aromatic heterocycles. The molecule has 2 aromatic rings. The van der Waals surface area contributed by atoms with Gasteiger partial charge in [0.2, 0.25) is 15.9 Å². The van der Waals surface area contributed by atoms with Crippen molar-refractivity contribution in [2.75, 3.05) is 25.0 Å². The lowest BCUT2D eigenvalue weighted by Crippen LogP contribution is -2.51. The van der Waals surface area contributed by atoms with Crippen LogP contribution < -0.4 is 10.1 Å². The molecule has 1 aliphatic rings. The van der Waals surface area contributed by atoms with Crippen molar-refractivity contribution < 1.29 is 44.3 Å². The molecule has 1 saturated heterocycles. The van der Waals surface area contributed by atoms with Crippen LogP contribution in [0, 0.1) is 0 Å². The number of sulfonamides is 1. The van der Waals surface area contributed by atoms with Gasteiger partial charge in [-0.3, -0.25) is 9.69 Å². The molecule has 1 N–H and O–H groups in total. The number of benzene rings is 2. The monoisotopic (exact) mass is 567 g/mol. The predicted molar refractivity (Wildman–Crippen MR) is 127 cm³/mol. The first-order valence-electron chi connectivity index (χ1n) is 11.6. The molecule has 0 bridgehead atoms. The number of likely N-dealkylation sites (tertiary alicyclic amines) is 1. The van der Waals surface area contributed by atoms with Crippen LogP contribution >= 0.6 is 0 Å². The highest BCUT2D eigenvalue weighted by atomic mass is 32.2. The van der Waals surface area contributed by atoms with E-state index in [1.807, 2.05) is 0 Å². The molecule has 38 heavy (non-hydrogen) atoms.